The standard InChI is InChI=1S/C9H11BrN2/c1-7(2)11-12-9-6-4-3-5-8(9)10/h3-6,12H,1-2H3. The third-order valence-electron chi connectivity index (χ3n) is 1.27. The Morgan fingerprint density at radius 2 is 2.00 bits per heavy atom. The van der Waals surface area contributed by atoms with Gasteiger partial charge in [-0.2, -0.15) is 5.10 Å². The summed E-state index contributed by atoms with van der Waals surface area (Å²) in [7, 11) is 0. The highest BCUT2D eigenvalue weighted by atomic mass is 79.9. The van der Waals surface area contributed by atoms with Crippen molar-refractivity contribution in [3.8, 4) is 0 Å². The molecule has 0 amide bonds. The third-order valence-corrected chi connectivity index (χ3v) is 1.97. The summed E-state index contributed by atoms with van der Waals surface area (Å²) in [5.74, 6) is 0. The molecule has 12 heavy (non-hydrogen) atoms. The van der Waals surface area contributed by atoms with Crippen LogP contribution in [0.2, 0.25) is 0 Å². The highest BCUT2D eigenvalue weighted by Crippen LogP contribution is 2.20. The van der Waals surface area contributed by atoms with E-state index >= 15 is 0 Å². The second kappa shape index (κ2) is 4.26. The van der Waals surface area contributed by atoms with Crippen LogP contribution in [-0.2, 0) is 0 Å². The van der Waals surface area contributed by atoms with Crippen LogP contribution in [0.1, 0.15) is 13.8 Å². The number of nitrogens with zero attached hydrogens (tertiary/aromatic N) is 1. The van der Waals surface area contributed by atoms with Crippen LogP contribution in [0.25, 0.3) is 0 Å². The van der Waals surface area contributed by atoms with E-state index in [1.807, 2.05) is 38.1 Å². The Labute approximate surface area is 80.8 Å². The molecule has 0 unspecified atom stereocenters. The summed E-state index contributed by atoms with van der Waals surface area (Å²) < 4.78 is 1.02. The lowest BCUT2D eigenvalue weighted by Gasteiger charge is -2.02. The van der Waals surface area contributed by atoms with Gasteiger partial charge in [0, 0.05) is 10.2 Å². The summed E-state index contributed by atoms with van der Waals surface area (Å²) in [4.78, 5) is 0. The SMILES string of the molecule is CC(C)=NNc1ccccc1Br. The first kappa shape index (κ1) is 9.26. The lowest BCUT2D eigenvalue weighted by atomic mass is 10.3. The van der Waals surface area contributed by atoms with Crippen molar-refractivity contribution in [3.05, 3.63) is 28.7 Å². The van der Waals surface area contributed by atoms with Crippen molar-refractivity contribution >= 4 is 27.3 Å². The maximum atomic E-state index is 4.09. The fourth-order valence-corrected chi connectivity index (χ4v) is 1.10. The maximum absolute atomic E-state index is 4.09. The first-order valence-corrected chi connectivity index (χ1v) is 4.51. The Bertz CT molecular complexity index is 290. The number of halogens is 1. The average molecular weight is 227 g/mol. The van der Waals surface area contributed by atoms with Gasteiger partial charge < -0.3 is 0 Å². The number of hydrogen-bond acceptors (Lipinski definition) is 2. The van der Waals surface area contributed by atoms with Gasteiger partial charge in [-0.3, -0.25) is 5.43 Å². The third kappa shape index (κ3) is 2.66. The molecule has 1 aromatic carbocycles. The Hall–Kier alpha value is -0.830. The zero-order valence-corrected chi connectivity index (χ0v) is 8.72. The molecular formula is C9H11BrN2. The van der Waals surface area contributed by atoms with E-state index in [1.54, 1.807) is 0 Å². The van der Waals surface area contributed by atoms with Crippen molar-refractivity contribution in [1.82, 2.24) is 0 Å². The van der Waals surface area contributed by atoms with E-state index in [9.17, 15) is 0 Å². The van der Waals surface area contributed by atoms with Gasteiger partial charge in [0.2, 0.25) is 0 Å². The van der Waals surface area contributed by atoms with Crippen LogP contribution >= 0.6 is 15.9 Å². The van der Waals surface area contributed by atoms with Gasteiger partial charge in [0.05, 0.1) is 5.69 Å². The summed E-state index contributed by atoms with van der Waals surface area (Å²) in [5.41, 5.74) is 4.94. The van der Waals surface area contributed by atoms with E-state index in [-0.39, 0.29) is 0 Å². The highest BCUT2D eigenvalue weighted by molar-refractivity contribution is 9.10. The van der Waals surface area contributed by atoms with Gasteiger partial charge in [-0.05, 0) is 41.9 Å². The predicted molar refractivity (Wildman–Crippen MR) is 56.5 cm³/mol. The molecule has 2 nitrogen and oxygen atoms in total. The second-order valence-electron chi connectivity index (χ2n) is 2.65. The van der Waals surface area contributed by atoms with Crippen molar-refractivity contribution in [3.63, 3.8) is 0 Å². The van der Waals surface area contributed by atoms with Crippen molar-refractivity contribution in [2.75, 3.05) is 5.43 Å². The summed E-state index contributed by atoms with van der Waals surface area (Å²) >= 11 is 3.41. The largest absolute Gasteiger partial charge is 0.277 e. The number of hydrazone groups is 1. The molecule has 0 aliphatic rings. The maximum Gasteiger partial charge on any atom is 0.0703 e. The van der Waals surface area contributed by atoms with Crippen molar-refractivity contribution in [1.29, 1.82) is 0 Å². The van der Waals surface area contributed by atoms with E-state index in [4.69, 9.17) is 0 Å². The molecule has 3 heteroatoms. The first-order chi connectivity index (χ1) is 5.70. The Balaban J connectivity index is 2.76. The molecule has 0 saturated carbocycles. The van der Waals surface area contributed by atoms with E-state index < -0.39 is 0 Å². The average Bonchev–Trinajstić information content (AvgIpc) is 2.03. The minimum Gasteiger partial charge on any atom is -0.277 e. The smallest absolute Gasteiger partial charge is 0.0703 e. The molecule has 0 aliphatic carbocycles. The van der Waals surface area contributed by atoms with Gasteiger partial charge in [-0.15, -0.1) is 0 Å². The molecule has 0 atom stereocenters. The summed E-state index contributed by atoms with van der Waals surface area (Å²) in [5, 5.41) is 4.09. The van der Waals surface area contributed by atoms with Crippen molar-refractivity contribution in [2.24, 2.45) is 5.10 Å². The van der Waals surface area contributed by atoms with E-state index in [0.29, 0.717) is 0 Å². The van der Waals surface area contributed by atoms with Gasteiger partial charge >= 0.3 is 0 Å². The fraction of sp³-hybridized carbons (Fsp3) is 0.222. The van der Waals surface area contributed by atoms with Crippen molar-refractivity contribution in [2.45, 2.75) is 13.8 Å². The first-order valence-electron chi connectivity index (χ1n) is 3.71. The lowest BCUT2D eigenvalue weighted by Crippen LogP contribution is -1.93. The minimum atomic E-state index is 0.985. The molecule has 0 bridgehead atoms. The summed E-state index contributed by atoms with van der Waals surface area (Å²) in [6.45, 7) is 3.90. The van der Waals surface area contributed by atoms with Crippen LogP contribution in [0, 0.1) is 0 Å². The molecule has 0 aromatic heterocycles. The number of rotatable bonds is 2. The monoisotopic (exact) mass is 226 g/mol. The minimum absolute atomic E-state index is 0.985. The topological polar surface area (TPSA) is 24.4 Å². The van der Waals surface area contributed by atoms with Crippen LogP contribution < -0.4 is 5.43 Å². The van der Waals surface area contributed by atoms with Crippen LogP contribution in [-0.4, -0.2) is 5.71 Å². The molecule has 0 fully saturated rings. The molecule has 0 aliphatic heterocycles. The van der Waals surface area contributed by atoms with Crippen LogP contribution in [0.15, 0.2) is 33.8 Å². The van der Waals surface area contributed by atoms with Crippen LogP contribution in [0.3, 0.4) is 0 Å². The zero-order chi connectivity index (χ0) is 8.97. The highest BCUT2D eigenvalue weighted by Gasteiger charge is 1.93. The molecule has 0 spiro atoms. The summed E-state index contributed by atoms with van der Waals surface area (Å²) in [6, 6.07) is 7.88. The van der Waals surface area contributed by atoms with Gasteiger partial charge in [0.15, 0.2) is 0 Å². The molecule has 0 radical (unpaired) electrons. The van der Waals surface area contributed by atoms with Gasteiger partial charge in [-0.1, -0.05) is 12.1 Å². The molecule has 0 saturated heterocycles. The number of anilines is 1. The molecule has 1 N–H and O–H groups in total. The van der Waals surface area contributed by atoms with E-state index in [2.05, 4.69) is 26.5 Å². The zero-order valence-electron chi connectivity index (χ0n) is 7.13. The Kier molecular flexibility index (Phi) is 3.29. The molecule has 1 rings (SSSR count). The second-order valence-corrected chi connectivity index (χ2v) is 3.51. The fourth-order valence-electron chi connectivity index (χ4n) is 0.724. The van der Waals surface area contributed by atoms with Crippen LogP contribution in [0.5, 0.6) is 0 Å². The molecule has 64 valence electrons. The molecular weight excluding hydrogens is 216 g/mol. The Morgan fingerprint density at radius 3 is 2.58 bits per heavy atom. The number of benzene rings is 1. The summed E-state index contributed by atoms with van der Waals surface area (Å²) in [6.07, 6.45) is 0. The van der Waals surface area contributed by atoms with Crippen molar-refractivity contribution < 1.29 is 0 Å². The quantitative estimate of drug-likeness (QED) is 0.608. The van der Waals surface area contributed by atoms with Gasteiger partial charge in [0.1, 0.15) is 0 Å². The lowest BCUT2D eigenvalue weighted by molar-refractivity contribution is 1.31. The molecule has 0 heterocycles. The number of para-hydroxylation sites is 1. The van der Waals surface area contributed by atoms with E-state index in [0.717, 1.165) is 15.9 Å². The van der Waals surface area contributed by atoms with Gasteiger partial charge in [0.25, 0.3) is 0 Å². The predicted octanol–water partition coefficient (Wildman–Crippen LogP) is 3.26. The van der Waals surface area contributed by atoms with Crippen LogP contribution in [0.4, 0.5) is 5.69 Å². The number of nitrogens with one attached hydrogen (secondary N) is 1. The van der Waals surface area contributed by atoms with Gasteiger partial charge in [-0.25, -0.2) is 0 Å². The van der Waals surface area contributed by atoms with E-state index in [1.165, 1.54) is 0 Å². The Morgan fingerprint density at radius 1 is 1.33 bits per heavy atom. The normalized spacial score (nSPS) is 9.25. The molecule has 1 aromatic rings. The number of hydrogen-bond donors (Lipinski definition) is 1.